The lowest BCUT2D eigenvalue weighted by atomic mass is 9.90. The zero-order valence-corrected chi connectivity index (χ0v) is 18.5. The van der Waals surface area contributed by atoms with Gasteiger partial charge < -0.3 is 14.7 Å². The summed E-state index contributed by atoms with van der Waals surface area (Å²) in [4.78, 5) is 16.1. The zero-order chi connectivity index (χ0) is 21.1. The summed E-state index contributed by atoms with van der Waals surface area (Å²) in [6.07, 6.45) is 7.61. The molecule has 2 atom stereocenters. The molecule has 0 spiro atoms. The minimum Gasteiger partial charge on any atom is -0.354 e. The maximum Gasteiger partial charge on any atom is 0.270 e. The number of hydrogen-bond donors (Lipinski definition) is 1. The summed E-state index contributed by atoms with van der Waals surface area (Å²) in [5, 5.41) is 7.98. The molecule has 1 saturated heterocycles. The summed E-state index contributed by atoms with van der Waals surface area (Å²) in [5.41, 5.74) is 0.420. The Hall–Kier alpha value is -1.77. The standard InChI is InChI=1S/C21H26ClFN4O2S/c22-17-11-16-19(12-18(17)23)29-25-21(16)27-9-7-26(8-10-27)6-5-14-1-3-15(4-2-14)24-20(28)13-30/h1,3,11-12,14-15,30H,2,4-10,13H2,(H,24,28)/p+1/t14-,15?/m1/s1. The first kappa shape index (κ1) is 21.5. The Morgan fingerprint density at radius 2 is 2.07 bits per heavy atom. The van der Waals surface area contributed by atoms with E-state index in [0.717, 1.165) is 63.2 Å². The van der Waals surface area contributed by atoms with E-state index in [-0.39, 0.29) is 17.0 Å². The number of amides is 1. The fourth-order valence-corrected chi connectivity index (χ4v) is 4.44. The molecule has 0 bridgehead atoms. The molecule has 1 aliphatic carbocycles. The molecule has 1 amide bonds. The molecule has 2 aliphatic rings. The van der Waals surface area contributed by atoms with Crippen LogP contribution in [0, 0.1) is 11.7 Å². The summed E-state index contributed by atoms with van der Waals surface area (Å²) in [6.45, 7) is 4.64. The molecule has 0 radical (unpaired) electrons. The molecule has 1 fully saturated rings. The highest BCUT2D eigenvalue weighted by atomic mass is 35.5. The van der Waals surface area contributed by atoms with Gasteiger partial charge in [-0.1, -0.05) is 28.9 Å². The van der Waals surface area contributed by atoms with Gasteiger partial charge in [0.25, 0.3) is 5.91 Å². The summed E-state index contributed by atoms with van der Waals surface area (Å²) >= 11 is 9.17. The monoisotopic (exact) mass is 453 g/mol. The molecule has 1 unspecified atom stereocenters. The molecule has 9 heteroatoms. The van der Waals surface area contributed by atoms with Crippen LogP contribution in [-0.4, -0.2) is 60.5 Å². The van der Waals surface area contributed by atoms with Crippen LogP contribution < -0.4 is 10.2 Å². The number of aromatic nitrogens is 1. The number of carbonyl (C=O) groups excluding carboxylic acids is 1. The van der Waals surface area contributed by atoms with Crippen molar-refractivity contribution in [2.75, 3.05) is 43.4 Å². The third-order valence-electron chi connectivity index (χ3n) is 5.95. The first-order chi connectivity index (χ1) is 14.5. The number of piperazine rings is 1. The predicted octanol–water partition coefficient (Wildman–Crippen LogP) is 2.59. The molecule has 30 heavy (non-hydrogen) atoms. The number of benzene rings is 1. The Labute approximate surface area is 185 Å². The number of halogens is 2. The molecule has 2 aromatic rings. The summed E-state index contributed by atoms with van der Waals surface area (Å²) < 4.78 is 18.9. The van der Waals surface area contributed by atoms with Gasteiger partial charge in [0.15, 0.2) is 17.2 Å². The quantitative estimate of drug-likeness (QED) is 0.538. The van der Waals surface area contributed by atoms with Crippen molar-refractivity contribution in [2.24, 2.45) is 5.92 Å². The average molecular weight is 454 g/mol. The third kappa shape index (κ3) is 4.92. The Bertz CT molecular complexity index is 929. The van der Waals surface area contributed by atoms with Crippen molar-refractivity contribution >= 4 is 46.9 Å². The maximum atomic E-state index is 13.6. The van der Waals surface area contributed by atoms with Gasteiger partial charge in [0.2, 0.25) is 0 Å². The first-order valence-electron chi connectivity index (χ1n) is 10.4. The summed E-state index contributed by atoms with van der Waals surface area (Å²) in [5.74, 6) is 1.18. The summed E-state index contributed by atoms with van der Waals surface area (Å²) in [6, 6.07) is 3.04. The van der Waals surface area contributed by atoms with E-state index in [0.29, 0.717) is 17.3 Å². The lowest BCUT2D eigenvalue weighted by molar-refractivity contribution is -0.119. The molecule has 6 nitrogen and oxygen atoms in total. The van der Waals surface area contributed by atoms with Crippen LogP contribution in [0.15, 0.2) is 28.8 Å². The van der Waals surface area contributed by atoms with Crippen LogP contribution in [0.4, 0.5) is 10.2 Å². The second kappa shape index (κ2) is 9.58. The van der Waals surface area contributed by atoms with Crippen molar-refractivity contribution in [3.8, 4) is 0 Å². The molecular weight excluding hydrogens is 427 g/mol. The van der Waals surface area contributed by atoms with Gasteiger partial charge in [-0.2, -0.15) is 0 Å². The topological polar surface area (TPSA) is 61.6 Å². The lowest BCUT2D eigenvalue weighted by Gasteiger charge is -2.35. The number of fused-ring (bicyclic) bond motifs is 1. The Morgan fingerprint density at radius 3 is 2.77 bits per heavy atom. The van der Waals surface area contributed by atoms with Crippen molar-refractivity contribution in [1.82, 2.24) is 15.4 Å². The van der Waals surface area contributed by atoms with E-state index >= 15 is 0 Å². The van der Waals surface area contributed by atoms with E-state index in [1.54, 1.807) is 6.07 Å². The van der Waals surface area contributed by atoms with Crippen LogP contribution in [0.1, 0.15) is 19.3 Å². The number of carbonyl (C=O) groups is 1. The highest BCUT2D eigenvalue weighted by molar-refractivity contribution is 7.59. The van der Waals surface area contributed by atoms with E-state index in [9.17, 15) is 9.18 Å². The highest BCUT2D eigenvalue weighted by Crippen LogP contribution is 2.31. The van der Waals surface area contributed by atoms with Gasteiger partial charge in [0.1, 0.15) is 5.82 Å². The van der Waals surface area contributed by atoms with E-state index < -0.39 is 5.82 Å². The van der Waals surface area contributed by atoms with Gasteiger partial charge in [0, 0.05) is 38.3 Å². The maximum absolute atomic E-state index is 13.6. The molecule has 4 rings (SSSR count). The van der Waals surface area contributed by atoms with E-state index in [4.69, 9.17) is 16.1 Å². The predicted molar refractivity (Wildman–Crippen MR) is 121 cm³/mol. The van der Waals surface area contributed by atoms with Gasteiger partial charge in [-0.3, -0.25) is 9.69 Å². The van der Waals surface area contributed by atoms with Crippen molar-refractivity contribution in [3.63, 3.8) is 0 Å². The van der Waals surface area contributed by atoms with Crippen LogP contribution in [0.3, 0.4) is 0 Å². The largest absolute Gasteiger partial charge is 0.354 e. The second-order valence-electron chi connectivity index (χ2n) is 7.96. The second-order valence-corrected chi connectivity index (χ2v) is 8.72. The van der Waals surface area contributed by atoms with Crippen molar-refractivity contribution < 1.29 is 13.7 Å². The van der Waals surface area contributed by atoms with Crippen LogP contribution in [0.5, 0.6) is 0 Å². The normalized spacial score (nSPS) is 22.6. The smallest absolute Gasteiger partial charge is 0.270 e. The molecule has 162 valence electrons. The minimum atomic E-state index is -0.495. The molecule has 1 aliphatic heterocycles. The number of nitrogens with zero attached hydrogens (tertiary/aromatic N) is 3. The van der Waals surface area contributed by atoms with Gasteiger partial charge in [-0.15, -0.1) is 0 Å². The number of nitrogens with one attached hydrogen (secondary N) is 1. The average Bonchev–Trinajstić information content (AvgIpc) is 3.16. The van der Waals surface area contributed by atoms with Crippen molar-refractivity contribution in [1.29, 1.82) is 0 Å². The van der Waals surface area contributed by atoms with E-state index in [1.807, 2.05) is 0 Å². The number of allylic oxidation sites excluding steroid dienone is 1. The highest BCUT2D eigenvalue weighted by Gasteiger charge is 2.24. The van der Waals surface area contributed by atoms with Crippen LogP contribution in [-0.2, 0) is 17.4 Å². The van der Waals surface area contributed by atoms with E-state index in [2.05, 4.69) is 45.1 Å². The number of anilines is 1. The fourth-order valence-electron chi connectivity index (χ4n) is 4.18. The van der Waals surface area contributed by atoms with Crippen molar-refractivity contribution in [2.45, 2.75) is 25.3 Å². The molecule has 2 heterocycles. The first-order valence-corrected chi connectivity index (χ1v) is 11.5. The van der Waals surface area contributed by atoms with Gasteiger partial charge in [-0.25, -0.2) is 4.39 Å². The van der Waals surface area contributed by atoms with Gasteiger partial charge in [-0.05, 0) is 50.4 Å². The molecule has 1 aromatic heterocycles. The van der Waals surface area contributed by atoms with Crippen molar-refractivity contribution in [3.05, 3.63) is 35.1 Å². The molecule has 0 saturated carbocycles. The molecule has 1 N–H and O–H groups in total. The Kier molecular flexibility index (Phi) is 6.85. The Balaban J connectivity index is 1.25. The zero-order valence-electron chi connectivity index (χ0n) is 16.7. The third-order valence-corrected chi connectivity index (χ3v) is 6.56. The minimum absolute atomic E-state index is 0.0323. The SMILES string of the molecule is O=C(C[SH2+])NC1C=C[C@@H](CCN2CCN(c3noc4cc(F)c(Cl)cc34)CC2)CC1. The summed E-state index contributed by atoms with van der Waals surface area (Å²) in [7, 11) is 0. The van der Waals surface area contributed by atoms with Crippen LogP contribution in [0.2, 0.25) is 5.02 Å². The van der Waals surface area contributed by atoms with Crippen LogP contribution in [0.25, 0.3) is 11.0 Å². The molecule has 1 aromatic carbocycles. The Morgan fingerprint density at radius 1 is 1.27 bits per heavy atom. The van der Waals surface area contributed by atoms with Gasteiger partial charge >= 0.3 is 0 Å². The lowest BCUT2D eigenvalue weighted by Crippen LogP contribution is -2.47. The van der Waals surface area contributed by atoms with E-state index in [1.165, 1.54) is 6.07 Å². The van der Waals surface area contributed by atoms with Gasteiger partial charge in [0.05, 0.1) is 10.4 Å². The number of hydrogen-bond acceptors (Lipinski definition) is 5. The van der Waals surface area contributed by atoms with Crippen LogP contribution >= 0.6 is 11.6 Å². The number of rotatable bonds is 6. The molecular formula is C21H27ClFN4O2S+. The fraction of sp³-hybridized carbons (Fsp3) is 0.524.